The summed E-state index contributed by atoms with van der Waals surface area (Å²) in [6.07, 6.45) is 6.93. The average Bonchev–Trinajstić information content (AvgIpc) is 2.17. The monoisotopic (exact) mass is 198 g/mol. The minimum absolute atomic E-state index is 0.175. The van der Waals surface area contributed by atoms with E-state index in [2.05, 4.69) is 11.8 Å². The molecule has 0 aromatic heterocycles. The Morgan fingerprint density at radius 2 is 2.29 bits per heavy atom. The van der Waals surface area contributed by atoms with E-state index < -0.39 is 0 Å². The van der Waals surface area contributed by atoms with E-state index in [-0.39, 0.29) is 5.91 Å². The number of carbonyl (C=O) groups excluding carboxylic acids is 1. The molecule has 3 nitrogen and oxygen atoms in total. The van der Waals surface area contributed by atoms with Crippen molar-refractivity contribution < 1.29 is 4.79 Å². The molecular formula is C11H22N2O. The SMILES string of the molecule is CCCC1CCCCN1CCC(N)=O. The summed E-state index contributed by atoms with van der Waals surface area (Å²) in [5.41, 5.74) is 5.16. The van der Waals surface area contributed by atoms with Gasteiger partial charge in [-0.3, -0.25) is 9.69 Å². The number of carbonyl (C=O) groups is 1. The third kappa shape index (κ3) is 3.66. The summed E-state index contributed by atoms with van der Waals surface area (Å²) in [5.74, 6) is -0.175. The number of likely N-dealkylation sites (tertiary alicyclic amines) is 1. The molecule has 1 fully saturated rings. The van der Waals surface area contributed by atoms with Gasteiger partial charge in [0, 0.05) is 19.0 Å². The fourth-order valence-corrected chi connectivity index (χ4v) is 2.27. The highest BCUT2D eigenvalue weighted by Gasteiger charge is 2.21. The Labute approximate surface area is 86.6 Å². The number of nitrogens with zero attached hydrogens (tertiary/aromatic N) is 1. The van der Waals surface area contributed by atoms with Crippen molar-refractivity contribution in [2.75, 3.05) is 13.1 Å². The van der Waals surface area contributed by atoms with Crippen molar-refractivity contribution in [3.63, 3.8) is 0 Å². The second-order valence-electron chi connectivity index (χ2n) is 4.19. The smallest absolute Gasteiger partial charge is 0.218 e. The first-order valence-corrected chi connectivity index (χ1v) is 5.76. The maximum absolute atomic E-state index is 10.7. The second kappa shape index (κ2) is 6.02. The summed E-state index contributed by atoms with van der Waals surface area (Å²) < 4.78 is 0. The van der Waals surface area contributed by atoms with Crippen molar-refractivity contribution >= 4 is 5.91 Å². The summed E-state index contributed by atoms with van der Waals surface area (Å²) in [6, 6.07) is 0.702. The summed E-state index contributed by atoms with van der Waals surface area (Å²) in [5, 5.41) is 0. The Balaban J connectivity index is 2.33. The molecule has 0 saturated carbocycles. The number of piperidine rings is 1. The molecule has 1 rings (SSSR count). The van der Waals surface area contributed by atoms with E-state index in [1.807, 2.05) is 0 Å². The summed E-state index contributed by atoms with van der Waals surface area (Å²) in [4.78, 5) is 13.1. The van der Waals surface area contributed by atoms with Crippen LogP contribution < -0.4 is 5.73 Å². The fourth-order valence-electron chi connectivity index (χ4n) is 2.27. The van der Waals surface area contributed by atoms with Crippen LogP contribution in [0.5, 0.6) is 0 Å². The topological polar surface area (TPSA) is 46.3 Å². The predicted octanol–water partition coefficient (Wildman–Crippen LogP) is 1.52. The van der Waals surface area contributed by atoms with E-state index in [1.165, 1.54) is 32.1 Å². The van der Waals surface area contributed by atoms with E-state index in [9.17, 15) is 4.79 Å². The molecule has 1 aliphatic heterocycles. The third-order valence-corrected chi connectivity index (χ3v) is 3.02. The number of nitrogens with two attached hydrogens (primary N) is 1. The summed E-state index contributed by atoms with van der Waals surface area (Å²) in [7, 11) is 0. The molecular weight excluding hydrogens is 176 g/mol. The van der Waals surface area contributed by atoms with Crippen molar-refractivity contribution in [2.24, 2.45) is 5.73 Å². The minimum atomic E-state index is -0.175. The molecule has 0 bridgehead atoms. The first-order valence-electron chi connectivity index (χ1n) is 5.76. The molecule has 0 spiro atoms. The molecule has 0 aromatic rings. The molecule has 3 heteroatoms. The van der Waals surface area contributed by atoms with Crippen molar-refractivity contribution in [3.05, 3.63) is 0 Å². The van der Waals surface area contributed by atoms with E-state index in [4.69, 9.17) is 5.73 Å². The maximum atomic E-state index is 10.7. The van der Waals surface area contributed by atoms with Gasteiger partial charge in [-0.2, -0.15) is 0 Å². The van der Waals surface area contributed by atoms with Crippen LogP contribution in [0.15, 0.2) is 0 Å². The van der Waals surface area contributed by atoms with Crippen molar-refractivity contribution in [2.45, 2.75) is 51.5 Å². The minimum Gasteiger partial charge on any atom is -0.370 e. The van der Waals surface area contributed by atoms with Gasteiger partial charge >= 0.3 is 0 Å². The lowest BCUT2D eigenvalue weighted by atomic mass is 9.98. The molecule has 14 heavy (non-hydrogen) atoms. The average molecular weight is 198 g/mol. The Hall–Kier alpha value is -0.570. The van der Waals surface area contributed by atoms with Gasteiger partial charge in [-0.05, 0) is 25.8 Å². The number of amides is 1. The zero-order chi connectivity index (χ0) is 10.4. The van der Waals surface area contributed by atoms with Crippen LogP contribution in [0.2, 0.25) is 0 Å². The summed E-state index contributed by atoms with van der Waals surface area (Å²) in [6.45, 7) is 4.23. The predicted molar refractivity (Wildman–Crippen MR) is 57.9 cm³/mol. The van der Waals surface area contributed by atoms with Crippen LogP contribution >= 0.6 is 0 Å². The van der Waals surface area contributed by atoms with E-state index in [0.29, 0.717) is 12.5 Å². The lowest BCUT2D eigenvalue weighted by Crippen LogP contribution is -2.41. The van der Waals surface area contributed by atoms with Crippen LogP contribution in [-0.4, -0.2) is 29.9 Å². The van der Waals surface area contributed by atoms with E-state index in [1.54, 1.807) is 0 Å². The zero-order valence-electron chi connectivity index (χ0n) is 9.17. The quantitative estimate of drug-likeness (QED) is 0.728. The van der Waals surface area contributed by atoms with Crippen LogP contribution in [0, 0.1) is 0 Å². The molecule has 1 heterocycles. The number of hydrogen-bond donors (Lipinski definition) is 1. The highest BCUT2D eigenvalue weighted by Crippen LogP contribution is 2.20. The standard InChI is InChI=1S/C11H22N2O/c1-2-5-10-6-3-4-8-13(10)9-7-11(12)14/h10H,2-9H2,1H3,(H2,12,14). The normalized spacial score (nSPS) is 23.6. The molecule has 1 aliphatic rings. The van der Waals surface area contributed by atoms with Gasteiger partial charge in [-0.1, -0.05) is 19.8 Å². The lowest BCUT2D eigenvalue weighted by Gasteiger charge is -2.35. The molecule has 0 radical (unpaired) electrons. The van der Waals surface area contributed by atoms with Gasteiger partial charge in [-0.25, -0.2) is 0 Å². The molecule has 2 N–H and O–H groups in total. The van der Waals surface area contributed by atoms with Gasteiger partial charge in [0.05, 0.1) is 0 Å². The number of primary amides is 1. The zero-order valence-corrected chi connectivity index (χ0v) is 9.17. The van der Waals surface area contributed by atoms with Crippen molar-refractivity contribution in [3.8, 4) is 0 Å². The van der Waals surface area contributed by atoms with Gasteiger partial charge in [0.1, 0.15) is 0 Å². The Kier molecular flexibility index (Phi) is 4.94. The van der Waals surface area contributed by atoms with Crippen LogP contribution in [0.3, 0.4) is 0 Å². The molecule has 82 valence electrons. The lowest BCUT2D eigenvalue weighted by molar-refractivity contribution is -0.118. The number of rotatable bonds is 5. The summed E-state index contributed by atoms with van der Waals surface area (Å²) >= 11 is 0. The third-order valence-electron chi connectivity index (χ3n) is 3.02. The second-order valence-corrected chi connectivity index (χ2v) is 4.19. The van der Waals surface area contributed by atoms with Gasteiger partial charge < -0.3 is 5.73 Å². The highest BCUT2D eigenvalue weighted by atomic mass is 16.1. The largest absolute Gasteiger partial charge is 0.370 e. The number of hydrogen-bond acceptors (Lipinski definition) is 2. The first kappa shape index (κ1) is 11.5. The Bertz CT molecular complexity index is 180. The maximum Gasteiger partial charge on any atom is 0.218 e. The van der Waals surface area contributed by atoms with Gasteiger partial charge in [-0.15, -0.1) is 0 Å². The highest BCUT2D eigenvalue weighted by molar-refractivity contribution is 5.73. The molecule has 1 atom stereocenters. The Morgan fingerprint density at radius 3 is 2.93 bits per heavy atom. The molecule has 0 aliphatic carbocycles. The van der Waals surface area contributed by atoms with Gasteiger partial charge in [0.25, 0.3) is 0 Å². The van der Waals surface area contributed by atoms with Crippen LogP contribution in [-0.2, 0) is 4.79 Å². The van der Waals surface area contributed by atoms with E-state index >= 15 is 0 Å². The molecule has 0 aromatic carbocycles. The van der Waals surface area contributed by atoms with Gasteiger partial charge in [0.2, 0.25) is 5.91 Å². The van der Waals surface area contributed by atoms with Crippen molar-refractivity contribution in [1.82, 2.24) is 4.90 Å². The fraction of sp³-hybridized carbons (Fsp3) is 0.909. The molecule has 1 saturated heterocycles. The first-order chi connectivity index (χ1) is 6.74. The Morgan fingerprint density at radius 1 is 1.50 bits per heavy atom. The van der Waals surface area contributed by atoms with Crippen LogP contribution in [0.25, 0.3) is 0 Å². The molecule has 1 amide bonds. The van der Waals surface area contributed by atoms with Crippen molar-refractivity contribution in [1.29, 1.82) is 0 Å². The van der Waals surface area contributed by atoms with E-state index in [0.717, 1.165) is 13.1 Å². The van der Waals surface area contributed by atoms with Crippen LogP contribution in [0.1, 0.15) is 45.4 Å². The van der Waals surface area contributed by atoms with Gasteiger partial charge in [0.15, 0.2) is 0 Å². The van der Waals surface area contributed by atoms with Crippen LogP contribution in [0.4, 0.5) is 0 Å². The molecule has 1 unspecified atom stereocenters.